The molecule has 0 aliphatic heterocycles. The number of benzene rings is 1. The summed E-state index contributed by atoms with van der Waals surface area (Å²) in [4.78, 5) is -1.18. The smallest absolute Gasteiger partial charge is 0.251 e. The van der Waals surface area contributed by atoms with Gasteiger partial charge in [0, 0.05) is 12.1 Å². The van der Waals surface area contributed by atoms with Crippen LogP contribution in [0, 0.1) is 0 Å². The number of alkyl halides is 11. The summed E-state index contributed by atoms with van der Waals surface area (Å²) in [5.74, 6) is 0. The molecule has 1 unspecified atom stereocenters. The molecular weight excluding hydrogens is 439 g/mol. The first-order valence-electron chi connectivity index (χ1n) is 8.95. The molecule has 0 fully saturated rings. The minimum Gasteiger partial charge on any atom is -0.251 e. The van der Waals surface area contributed by atoms with E-state index >= 15 is 0 Å². The number of para-hydroxylation sites is 1. The Morgan fingerprint density at radius 3 is 1.73 bits per heavy atom. The Labute approximate surface area is 165 Å². The van der Waals surface area contributed by atoms with E-state index < -0.39 is 60.5 Å². The lowest BCUT2D eigenvalue weighted by atomic mass is 10.1. The number of hydrogen-bond acceptors (Lipinski definition) is 1. The summed E-state index contributed by atoms with van der Waals surface area (Å²) < 4.78 is 145. The molecule has 0 aliphatic carbocycles. The van der Waals surface area contributed by atoms with E-state index in [9.17, 15) is 48.3 Å². The normalized spacial score (nSPS) is 14.6. The van der Waals surface area contributed by atoms with Gasteiger partial charge in [-0.15, -0.1) is 0 Å². The van der Waals surface area contributed by atoms with Crippen LogP contribution in [-0.2, 0) is 0 Å². The molecule has 0 spiro atoms. The van der Waals surface area contributed by atoms with Gasteiger partial charge in [0.05, 0.1) is 0 Å². The second-order valence-electron chi connectivity index (χ2n) is 6.75. The first-order chi connectivity index (χ1) is 13.6. The number of anilines is 1. The predicted molar refractivity (Wildman–Crippen MR) is 88.1 cm³/mol. The quantitative estimate of drug-likeness (QED) is 0.185. The molecule has 0 heterocycles. The molecule has 0 radical (unpaired) electrons. The van der Waals surface area contributed by atoms with E-state index in [0.717, 1.165) is 12.1 Å². The number of rotatable bonds is 11. The van der Waals surface area contributed by atoms with E-state index in [0.29, 0.717) is 12.1 Å². The van der Waals surface area contributed by atoms with Crippen molar-refractivity contribution in [3.8, 4) is 0 Å². The molecule has 0 aliphatic rings. The third-order valence-corrected chi connectivity index (χ3v) is 4.10. The summed E-state index contributed by atoms with van der Waals surface area (Å²) in [5.41, 5.74) is -1.01. The van der Waals surface area contributed by atoms with Crippen molar-refractivity contribution >= 4 is 5.69 Å². The Balaban J connectivity index is 2.89. The number of hydrogen-bond donors (Lipinski definition) is 0. The van der Waals surface area contributed by atoms with Gasteiger partial charge in [-0.25, -0.2) is 4.39 Å². The maximum atomic E-state index is 14.5. The topological polar surface area (TPSA) is 3.24 Å². The average Bonchev–Trinajstić information content (AvgIpc) is 2.55. The van der Waals surface area contributed by atoms with Crippen LogP contribution in [0.15, 0.2) is 30.3 Å². The molecule has 0 amide bonds. The zero-order valence-corrected chi connectivity index (χ0v) is 15.5. The lowest BCUT2D eigenvalue weighted by Gasteiger charge is -2.40. The lowest BCUT2D eigenvalue weighted by molar-refractivity contribution is -0.211. The molecule has 1 rings (SSSR count). The van der Waals surface area contributed by atoms with Gasteiger partial charge in [0.2, 0.25) is 0 Å². The maximum absolute atomic E-state index is 14.5. The van der Waals surface area contributed by atoms with Crippen LogP contribution in [0.5, 0.6) is 0 Å². The predicted octanol–water partition coefficient (Wildman–Crippen LogP) is 7.87. The van der Waals surface area contributed by atoms with Crippen LogP contribution in [0.4, 0.5) is 54.0 Å². The minimum absolute atomic E-state index is 0.0512. The summed E-state index contributed by atoms with van der Waals surface area (Å²) in [6.45, 7) is 0. The monoisotopic (exact) mass is 459 g/mol. The van der Waals surface area contributed by atoms with E-state index in [1.54, 1.807) is 0 Å². The van der Waals surface area contributed by atoms with Crippen molar-refractivity contribution in [1.82, 2.24) is 0 Å². The summed E-state index contributed by atoms with van der Waals surface area (Å²) in [5, 5.41) is 0. The van der Waals surface area contributed by atoms with Crippen molar-refractivity contribution < 1.29 is 48.3 Å². The Bertz CT molecular complexity index is 625. The zero-order chi connectivity index (χ0) is 23.2. The van der Waals surface area contributed by atoms with Gasteiger partial charge < -0.3 is 0 Å². The van der Waals surface area contributed by atoms with Crippen molar-refractivity contribution in [2.45, 2.75) is 75.6 Å². The third-order valence-electron chi connectivity index (χ3n) is 4.10. The minimum atomic E-state index is -5.50. The van der Waals surface area contributed by atoms with Crippen molar-refractivity contribution in [3.63, 3.8) is 0 Å². The largest absolute Gasteiger partial charge is 0.396 e. The SMILES string of the molecule is FC(CCCCCCC(F)(F)F)C(F)(F)N(c1ccccc1)C(F)(F)CC(F)(F)F. The van der Waals surface area contributed by atoms with Gasteiger partial charge in [-0.3, -0.25) is 4.90 Å². The number of halogens is 11. The molecule has 0 bridgehead atoms. The second kappa shape index (κ2) is 10.0. The molecule has 0 saturated carbocycles. The lowest BCUT2D eigenvalue weighted by Crippen LogP contribution is -2.58. The first kappa shape index (κ1) is 26.3. The van der Waals surface area contributed by atoms with E-state index in [-0.39, 0.29) is 25.7 Å². The van der Waals surface area contributed by atoms with Gasteiger partial charge >= 0.3 is 24.4 Å². The van der Waals surface area contributed by atoms with Gasteiger partial charge in [-0.1, -0.05) is 37.5 Å². The van der Waals surface area contributed by atoms with Crippen molar-refractivity contribution in [2.24, 2.45) is 0 Å². The summed E-state index contributed by atoms with van der Waals surface area (Å²) in [7, 11) is 0. The Hall–Kier alpha value is -1.75. The Kier molecular flexibility index (Phi) is 8.80. The van der Waals surface area contributed by atoms with Crippen LogP contribution in [0.25, 0.3) is 0 Å². The highest BCUT2D eigenvalue weighted by atomic mass is 19.4. The van der Waals surface area contributed by atoms with Gasteiger partial charge in [0.25, 0.3) is 0 Å². The average molecular weight is 459 g/mol. The van der Waals surface area contributed by atoms with Crippen LogP contribution in [-0.4, -0.2) is 30.6 Å². The highest BCUT2D eigenvalue weighted by molar-refractivity contribution is 5.49. The number of unbranched alkanes of at least 4 members (excludes halogenated alkanes) is 3. The molecule has 0 N–H and O–H groups in total. The maximum Gasteiger partial charge on any atom is 0.396 e. The molecule has 1 aromatic carbocycles. The van der Waals surface area contributed by atoms with E-state index in [1.165, 1.54) is 6.07 Å². The Morgan fingerprint density at radius 2 is 1.23 bits per heavy atom. The standard InChI is InChI=1S/C18H20F11N/c19-14(10-6-1-2-7-11-15(20,21)22)18(28,29)30(13-8-4-3-5-9-13)17(26,27)12-16(23,24)25/h3-5,8-9,14H,1-2,6-7,10-12H2. The summed E-state index contributed by atoms with van der Waals surface area (Å²) >= 11 is 0. The van der Waals surface area contributed by atoms with Crippen LogP contribution in [0.2, 0.25) is 0 Å². The molecule has 174 valence electrons. The molecule has 1 aromatic rings. The Morgan fingerprint density at radius 1 is 0.700 bits per heavy atom. The zero-order valence-electron chi connectivity index (χ0n) is 15.5. The molecule has 1 nitrogen and oxygen atoms in total. The van der Waals surface area contributed by atoms with Gasteiger partial charge in [-0.2, -0.15) is 43.9 Å². The molecule has 0 aromatic heterocycles. The van der Waals surface area contributed by atoms with Gasteiger partial charge in [0.15, 0.2) is 6.17 Å². The molecule has 12 heteroatoms. The highest BCUT2D eigenvalue weighted by Crippen LogP contribution is 2.45. The van der Waals surface area contributed by atoms with Gasteiger partial charge in [-0.05, 0) is 25.0 Å². The second-order valence-corrected chi connectivity index (χ2v) is 6.75. The highest BCUT2D eigenvalue weighted by Gasteiger charge is 2.59. The number of nitrogens with zero attached hydrogens (tertiary/aromatic N) is 1. The fraction of sp³-hybridized carbons (Fsp3) is 0.667. The van der Waals surface area contributed by atoms with Gasteiger partial charge in [0.1, 0.15) is 6.42 Å². The van der Waals surface area contributed by atoms with Crippen LogP contribution < -0.4 is 4.90 Å². The third kappa shape index (κ3) is 8.55. The van der Waals surface area contributed by atoms with E-state index in [1.807, 2.05) is 0 Å². The van der Waals surface area contributed by atoms with Crippen LogP contribution >= 0.6 is 0 Å². The van der Waals surface area contributed by atoms with Crippen molar-refractivity contribution in [2.75, 3.05) is 4.90 Å². The van der Waals surface area contributed by atoms with Crippen LogP contribution in [0.3, 0.4) is 0 Å². The summed E-state index contributed by atoms with van der Waals surface area (Å²) in [6, 6.07) is -5.46. The van der Waals surface area contributed by atoms with Crippen LogP contribution in [0.1, 0.15) is 44.9 Å². The van der Waals surface area contributed by atoms with Crippen molar-refractivity contribution in [1.29, 1.82) is 0 Å². The molecule has 1 atom stereocenters. The fourth-order valence-corrected chi connectivity index (χ4v) is 2.79. The molecule has 0 saturated heterocycles. The first-order valence-corrected chi connectivity index (χ1v) is 8.95. The summed E-state index contributed by atoms with van der Waals surface area (Å²) in [6.07, 6.45) is -19.0. The van der Waals surface area contributed by atoms with Crippen molar-refractivity contribution in [3.05, 3.63) is 30.3 Å². The van der Waals surface area contributed by atoms with E-state index in [4.69, 9.17) is 0 Å². The molecular formula is C18H20F11N. The fourth-order valence-electron chi connectivity index (χ4n) is 2.79. The van der Waals surface area contributed by atoms with E-state index in [2.05, 4.69) is 0 Å². The molecule has 30 heavy (non-hydrogen) atoms.